The fourth-order valence-electron chi connectivity index (χ4n) is 3.93. The monoisotopic (exact) mass is 515 g/mol. The summed E-state index contributed by atoms with van der Waals surface area (Å²) in [5.74, 6) is -0.380. The molecule has 0 aromatic heterocycles. The molecule has 0 aliphatic carbocycles. The molecule has 2 rings (SSSR count). The van der Waals surface area contributed by atoms with Crippen LogP contribution in [0.5, 0.6) is 0 Å². The Morgan fingerprint density at radius 1 is 1.00 bits per heavy atom. The molecule has 0 spiro atoms. The Kier molecular flexibility index (Phi) is 10.5. The van der Waals surface area contributed by atoms with E-state index in [1.54, 1.807) is 17.9 Å². The van der Waals surface area contributed by atoms with Gasteiger partial charge in [-0.3, -0.25) is 13.9 Å². The number of amides is 2. The van der Waals surface area contributed by atoms with Gasteiger partial charge in [0.15, 0.2) is 0 Å². The van der Waals surface area contributed by atoms with Crippen molar-refractivity contribution in [1.82, 2.24) is 10.2 Å². The molecule has 0 aliphatic heterocycles. The normalized spacial score (nSPS) is 13.1. The number of sulfonamides is 1. The Morgan fingerprint density at radius 2 is 1.64 bits per heavy atom. The van der Waals surface area contributed by atoms with Crippen LogP contribution < -0.4 is 9.62 Å². The van der Waals surface area contributed by atoms with Gasteiger partial charge in [0, 0.05) is 25.6 Å². The molecular weight excluding hydrogens is 474 g/mol. The summed E-state index contributed by atoms with van der Waals surface area (Å²) in [6.45, 7) is 12.0. The summed E-state index contributed by atoms with van der Waals surface area (Å²) in [5, 5.41) is 2.97. The van der Waals surface area contributed by atoms with Crippen molar-refractivity contribution < 1.29 is 18.0 Å². The zero-order valence-electron chi connectivity index (χ0n) is 22.7. The van der Waals surface area contributed by atoms with E-state index in [1.165, 1.54) is 10.6 Å². The average molecular weight is 516 g/mol. The van der Waals surface area contributed by atoms with Crippen LogP contribution in [0, 0.1) is 20.8 Å². The highest BCUT2D eigenvalue weighted by Gasteiger charge is 2.27. The summed E-state index contributed by atoms with van der Waals surface area (Å²) in [7, 11) is -3.53. The van der Waals surface area contributed by atoms with E-state index in [9.17, 15) is 18.0 Å². The first kappa shape index (κ1) is 29.4. The van der Waals surface area contributed by atoms with Crippen molar-refractivity contribution in [3.63, 3.8) is 0 Å². The fourth-order valence-corrected chi connectivity index (χ4v) is 4.94. The number of hydrogen-bond donors (Lipinski definition) is 1. The molecule has 0 aliphatic rings. The number of aryl methyl sites for hydroxylation is 2. The van der Waals surface area contributed by atoms with Crippen LogP contribution in [0.4, 0.5) is 5.69 Å². The summed E-state index contributed by atoms with van der Waals surface area (Å²) >= 11 is 0. The molecule has 2 atom stereocenters. The number of hydrogen-bond acceptors (Lipinski definition) is 4. The number of carbonyl (C=O) groups is 2. The Morgan fingerprint density at radius 3 is 2.22 bits per heavy atom. The first-order valence-corrected chi connectivity index (χ1v) is 14.4. The Balaban J connectivity index is 2.20. The highest BCUT2D eigenvalue weighted by Crippen LogP contribution is 2.25. The van der Waals surface area contributed by atoms with Crippen molar-refractivity contribution in [2.75, 3.05) is 17.1 Å². The maximum atomic E-state index is 13.4. The molecule has 1 N–H and O–H groups in total. The van der Waals surface area contributed by atoms with E-state index in [1.807, 2.05) is 71.0 Å². The lowest BCUT2D eigenvalue weighted by atomic mass is 10.1. The van der Waals surface area contributed by atoms with Crippen molar-refractivity contribution in [1.29, 1.82) is 0 Å². The zero-order chi connectivity index (χ0) is 27.0. The second kappa shape index (κ2) is 12.9. The smallest absolute Gasteiger partial charge is 0.242 e. The van der Waals surface area contributed by atoms with Crippen LogP contribution >= 0.6 is 0 Å². The molecule has 0 bridgehead atoms. The minimum atomic E-state index is -3.53. The average Bonchev–Trinajstić information content (AvgIpc) is 2.82. The number of nitrogens with one attached hydrogen (secondary N) is 1. The van der Waals surface area contributed by atoms with Crippen molar-refractivity contribution in [2.24, 2.45) is 0 Å². The quantitative estimate of drug-likeness (QED) is 0.451. The van der Waals surface area contributed by atoms with E-state index in [0.29, 0.717) is 18.7 Å². The summed E-state index contributed by atoms with van der Waals surface area (Å²) in [6, 6.07) is 12.8. The second-order valence-electron chi connectivity index (χ2n) is 9.66. The number of benzene rings is 2. The van der Waals surface area contributed by atoms with Gasteiger partial charge < -0.3 is 10.2 Å². The van der Waals surface area contributed by atoms with Gasteiger partial charge in [0.2, 0.25) is 21.8 Å². The Bertz CT molecular complexity index is 1150. The lowest BCUT2D eigenvalue weighted by molar-refractivity contribution is -0.140. The zero-order valence-corrected chi connectivity index (χ0v) is 23.5. The maximum Gasteiger partial charge on any atom is 0.242 e. The number of carbonyl (C=O) groups excluding carboxylic acids is 2. The van der Waals surface area contributed by atoms with E-state index in [0.717, 1.165) is 28.7 Å². The van der Waals surface area contributed by atoms with Crippen LogP contribution in [0.1, 0.15) is 62.3 Å². The van der Waals surface area contributed by atoms with Gasteiger partial charge in [0.1, 0.15) is 6.04 Å². The van der Waals surface area contributed by atoms with Crippen molar-refractivity contribution in [3.8, 4) is 0 Å². The third kappa shape index (κ3) is 8.08. The summed E-state index contributed by atoms with van der Waals surface area (Å²) < 4.78 is 26.5. The number of rotatable bonds is 12. The van der Waals surface area contributed by atoms with Crippen molar-refractivity contribution in [2.45, 2.75) is 79.4 Å². The molecular formula is C28H41N3O4S. The van der Waals surface area contributed by atoms with Crippen LogP contribution in [-0.4, -0.2) is 50.0 Å². The third-order valence-corrected chi connectivity index (χ3v) is 7.82. The molecule has 2 unspecified atom stereocenters. The lowest BCUT2D eigenvalue weighted by Gasteiger charge is -2.30. The van der Waals surface area contributed by atoms with Gasteiger partial charge in [-0.2, -0.15) is 0 Å². The molecule has 2 aromatic rings. The largest absolute Gasteiger partial charge is 0.352 e. The van der Waals surface area contributed by atoms with Crippen LogP contribution in [0.25, 0.3) is 0 Å². The van der Waals surface area contributed by atoms with Gasteiger partial charge in [0.25, 0.3) is 0 Å². The molecule has 2 amide bonds. The van der Waals surface area contributed by atoms with Gasteiger partial charge in [-0.05, 0) is 70.2 Å². The minimum absolute atomic E-state index is 0.0113. The fraction of sp³-hybridized carbons (Fsp3) is 0.500. The molecule has 7 nitrogen and oxygen atoms in total. The second-order valence-corrected chi connectivity index (χ2v) is 11.6. The highest BCUT2D eigenvalue weighted by molar-refractivity contribution is 7.92. The van der Waals surface area contributed by atoms with Crippen LogP contribution in [0.2, 0.25) is 0 Å². The molecule has 0 heterocycles. The molecule has 0 fully saturated rings. The van der Waals surface area contributed by atoms with Gasteiger partial charge in [0.05, 0.1) is 11.9 Å². The van der Waals surface area contributed by atoms with Gasteiger partial charge in [-0.15, -0.1) is 0 Å². The summed E-state index contributed by atoms with van der Waals surface area (Å²) in [6.07, 6.45) is 2.44. The molecule has 198 valence electrons. The molecule has 2 aromatic carbocycles. The SMILES string of the molecule is CCC(C)NC(=O)C(C)N(Cc1ccc(C)cc1)C(=O)CCCN(c1cccc(C)c1C)S(C)(=O)=O. The first-order chi connectivity index (χ1) is 16.8. The molecule has 8 heteroatoms. The Hall–Kier alpha value is -2.87. The summed E-state index contributed by atoms with van der Waals surface area (Å²) in [5.41, 5.74) is 4.58. The third-order valence-electron chi connectivity index (χ3n) is 6.64. The first-order valence-electron chi connectivity index (χ1n) is 12.5. The van der Waals surface area contributed by atoms with Crippen LogP contribution in [0.15, 0.2) is 42.5 Å². The molecule has 0 radical (unpaired) electrons. The van der Waals surface area contributed by atoms with Crippen molar-refractivity contribution in [3.05, 3.63) is 64.7 Å². The van der Waals surface area contributed by atoms with E-state index in [-0.39, 0.29) is 30.8 Å². The van der Waals surface area contributed by atoms with E-state index < -0.39 is 16.1 Å². The van der Waals surface area contributed by atoms with Crippen molar-refractivity contribution >= 4 is 27.5 Å². The number of anilines is 1. The molecule has 0 saturated heterocycles. The summed E-state index contributed by atoms with van der Waals surface area (Å²) in [4.78, 5) is 27.8. The van der Waals surface area contributed by atoms with E-state index in [2.05, 4.69) is 5.32 Å². The number of nitrogens with zero attached hydrogens (tertiary/aromatic N) is 2. The standard InChI is InChI=1S/C28H41N3O4S/c1-8-22(4)29-28(33)24(6)30(19-25-16-14-20(2)15-17-25)27(32)13-10-18-31(36(7,34)35)26-12-9-11-21(3)23(26)5/h9,11-12,14-17,22,24H,8,10,13,18-19H2,1-7H3,(H,29,33). The lowest BCUT2D eigenvalue weighted by Crippen LogP contribution is -2.49. The maximum absolute atomic E-state index is 13.4. The predicted molar refractivity (Wildman–Crippen MR) is 146 cm³/mol. The topological polar surface area (TPSA) is 86.8 Å². The van der Waals surface area contributed by atoms with Crippen LogP contribution in [0.3, 0.4) is 0 Å². The van der Waals surface area contributed by atoms with E-state index >= 15 is 0 Å². The predicted octanol–water partition coefficient (Wildman–Crippen LogP) is 4.49. The molecule has 36 heavy (non-hydrogen) atoms. The minimum Gasteiger partial charge on any atom is -0.352 e. The molecule has 0 saturated carbocycles. The highest BCUT2D eigenvalue weighted by atomic mass is 32.2. The Labute approximate surface area is 216 Å². The van der Waals surface area contributed by atoms with Gasteiger partial charge in [-0.25, -0.2) is 8.42 Å². The van der Waals surface area contributed by atoms with E-state index in [4.69, 9.17) is 0 Å². The van der Waals surface area contributed by atoms with Gasteiger partial charge in [-0.1, -0.05) is 48.9 Å². The van der Waals surface area contributed by atoms with Crippen LogP contribution in [-0.2, 0) is 26.2 Å². The van der Waals surface area contributed by atoms with Gasteiger partial charge >= 0.3 is 0 Å².